The van der Waals surface area contributed by atoms with Gasteiger partial charge in [0.25, 0.3) is 5.92 Å². The lowest BCUT2D eigenvalue weighted by Gasteiger charge is -2.48. The predicted octanol–water partition coefficient (Wildman–Crippen LogP) is 3.87. The quantitative estimate of drug-likeness (QED) is 0.255. The molecule has 0 unspecified atom stereocenters. The third-order valence-electron chi connectivity index (χ3n) is 13.4. The highest BCUT2D eigenvalue weighted by Gasteiger charge is 2.75. The van der Waals surface area contributed by atoms with Crippen LogP contribution in [0.5, 0.6) is 0 Å². The van der Waals surface area contributed by atoms with Crippen LogP contribution in [-0.4, -0.2) is 165 Å². The molecule has 4 fully saturated rings. The van der Waals surface area contributed by atoms with E-state index in [0.29, 0.717) is 21.0 Å². The highest BCUT2D eigenvalue weighted by atomic mass is 35.5. The van der Waals surface area contributed by atoms with Crippen molar-refractivity contribution in [1.29, 1.82) is 0 Å². The number of hydrogen-bond acceptors (Lipinski definition) is 10. The van der Waals surface area contributed by atoms with Crippen LogP contribution in [0.2, 0.25) is 5.02 Å². The second-order valence-electron chi connectivity index (χ2n) is 19.0. The summed E-state index contributed by atoms with van der Waals surface area (Å²) in [6.07, 6.45) is -11.0. The van der Waals surface area contributed by atoms with Gasteiger partial charge in [0.1, 0.15) is 42.4 Å². The Bertz CT molecular complexity index is 2270. The highest BCUT2D eigenvalue weighted by molar-refractivity contribution is 7.13. The summed E-state index contributed by atoms with van der Waals surface area (Å²) in [6.45, 7) is 3.70. The summed E-state index contributed by atoms with van der Waals surface area (Å²) in [5.74, 6) is -10.7. The molecule has 1 aromatic heterocycles. The molecule has 24 heteroatoms. The summed E-state index contributed by atoms with van der Waals surface area (Å²) in [5.41, 5.74) is -0.649. The standard InChI is InChI=1S/C45H57ClF6N8O8S/c1-23(2)12-30-40(66)58(5)34(14-25-13-26(46)9-10-29(25)35-17-53-22-69-35)41(67)59-19-28(61)16-33(59)36(62)54-11-7-6-8-31(37(63)56-30)57(4)39(65)24(3)55-38(64)32-15-27(47)18-60(32)42(68)43(45(50,51)52)20-44(48,49)21-43/h9-10,13,17,22-24,27-28,30-34,61H,6-8,11-12,14-16,18-21H2,1-5H3,(H,54,62)(H,55,64)(H,56,63)/t24-,27+,28-,30-,31-,32-,33+,34-/m0/s1. The number of nitrogens with one attached hydrogen (secondary N) is 3. The zero-order valence-electron chi connectivity index (χ0n) is 38.7. The molecule has 4 N–H and O–H groups in total. The number of fused-ring (bicyclic) bond motifs is 1. The van der Waals surface area contributed by atoms with E-state index in [4.69, 9.17) is 11.6 Å². The van der Waals surface area contributed by atoms with Crippen LogP contribution in [0.4, 0.5) is 26.3 Å². The fourth-order valence-corrected chi connectivity index (χ4v) is 10.6. The van der Waals surface area contributed by atoms with Crippen molar-refractivity contribution in [2.75, 3.05) is 33.7 Å². The van der Waals surface area contributed by atoms with Crippen molar-refractivity contribution in [1.82, 2.24) is 40.5 Å². The van der Waals surface area contributed by atoms with Crippen LogP contribution in [0.25, 0.3) is 10.4 Å². The Kier molecular flexibility index (Phi) is 16.3. The molecule has 3 saturated heterocycles. The topological polar surface area (TPSA) is 202 Å². The second kappa shape index (κ2) is 21.1. The first-order chi connectivity index (χ1) is 32.2. The number of rotatable bonds is 10. The van der Waals surface area contributed by atoms with Crippen LogP contribution in [0.1, 0.15) is 77.7 Å². The molecule has 69 heavy (non-hydrogen) atoms. The first-order valence-corrected chi connectivity index (χ1v) is 24.0. The molecule has 0 spiro atoms. The number of aliphatic hydroxyl groups excluding tert-OH is 1. The normalized spacial score (nSPS) is 27.3. The minimum absolute atomic E-state index is 0.0495. The molecule has 4 aliphatic rings. The second-order valence-corrected chi connectivity index (χ2v) is 20.3. The number of nitrogens with zero attached hydrogens (tertiary/aromatic N) is 5. The van der Waals surface area contributed by atoms with Crippen molar-refractivity contribution in [3.63, 3.8) is 0 Å². The van der Waals surface area contributed by atoms with Crippen molar-refractivity contribution < 1.29 is 65.0 Å². The summed E-state index contributed by atoms with van der Waals surface area (Å²) < 4.78 is 84.8. The van der Waals surface area contributed by atoms with Gasteiger partial charge in [-0.05, 0) is 61.8 Å². The molecular formula is C45H57ClF6N8O8S. The van der Waals surface area contributed by atoms with Crippen LogP contribution < -0.4 is 16.0 Å². The molecule has 1 aromatic carbocycles. The molecule has 7 amide bonds. The Labute approximate surface area is 403 Å². The first kappa shape index (κ1) is 53.3. The number of carbonyl (C=O) groups excluding carboxylic acids is 7. The van der Waals surface area contributed by atoms with Gasteiger partial charge in [0.2, 0.25) is 41.4 Å². The van der Waals surface area contributed by atoms with E-state index in [9.17, 15) is 65.0 Å². The number of aromatic nitrogens is 1. The lowest BCUT2D eigenvalue weighted by Crippen LogP contribution is -2.65. The molecule has 1 saturated carbocycles. The number of aliphatic hydroxyl groups is 1. The molecule has 16 nitrogen and oxygen atoms in total. The number of hydrogen-bond donors (Lipinski definition) is 4. The smallest absolute Gasteiger partial charge is 0.391 e. The van der Waals surface area contributed by atoms with E-state index in [2.05, 4.69) is 20.9 Å². The summed E-state index contributed by atoms with van der Waals surface area (Å²) >= 11 is 7.81. The van der Waals surface area contributed by atoms with Crippen LogP contribution in [-0.2, 0) is 40.0 Å². The zero-order chi connectivity index (χ0) is 50.9. The third kappa shape index (κ3) is 11.6. The Balaban J connectivity index is 1.26. The van der Waals surface area contributed by atoms with Crippen LogP contribution in [0.3, 0.4) is 0 Å². The van der Waals surface area contributed by atoms with Gasteiger partial charge in [0.05, 0.1) is 23.0 Å². The minimum Gasteiger partial charge on any atom is -0.391 e. The molecule has 3 aliphatic heterocycles. The Morgan fingerprint density at radius 1 is 1.04 bits per heavy atom. The number of amides is 7. The SMILES string of the molecule is CC(C)C[C@@H]1NC(=O)[C@@H](N(C)C(=O)[C@H](C)NC(=O)[C@@H]2C[C@@H](F)CN2C(=O)C2(C(F)(F)F)CC(F)(F)C2)CCCCNC(=O)[C@H]2C[C@H](O)CN2C(=O)[C@H](Cc2cc(Cl)ccc2-c2cncs2)N(C)C1=O. The van der Waals surface area contributed by atoms with E-state index in [-0.39, 0.29) is 57.5 Å². The van der Waals surface area contributed by atoms with E-state index >= 15 is 0 Å². The molecule has 0 bridgehead atoms. The van der Waals surface area contributed by atoms with E-state index in [0.717, 1.165) is 9.78 Å². The van der Waals surface area contributed by atoms with Crippen molar-refractivity contribution in [3.05, 3.63) is 40.5 Å². The maximum absolute atomic E-state index is 14.8. The number of likely N-dealkylation sites (N-methyl/N-ethyl adjacent to an activating group) is 2. The molecule has 380 valence electrons. The van der Waals surface area contributed by atoms with Crippen molar-refractivity contribution in [2.24, 2.45) is 11.3 Å². The molecule has 2 aromatic rings. The Hall–Kier alpha value is -5.03. The highest BCUT2D eigenvalue weighted by Crippen LogP contribution is 2.61. The van der Waals surface area contributed by atoms with Crippen LogP contribution in [0, 0.1) is 11.3 Å². The fourth-order valence-electron chi connectivity index (χ4n) is 9.74. The average Bonchev–Trinajstić information content (AvgIpc) is 4.03. The number of halogens is 7. The zero-order valence-corrected chi connectivity index (χ0v) is 40.2. The molecule has 1 aliphatic carbocycles. The van der Waals surface area contributed by atoms with Gasteiger partial charge < -0.3 is 40.7 Å². The first-order valence-electron chi connectivity index (χ1n) is 22.7. The summed E-state index contributed by atoms with van der Waals surface area (Å²) in [6, 6.07) is -3.36. The summed E-state index contributed by atoms with van der Waals surface area (Å²) in [7, 11) is 2.63. The average molecular weight is 1020 g/mol. The molecule has 6 rings (SSSR count). The van der Waals surface area contributed by atoms with E-state index in [1.807, 2.05) is 0 Å². The van der Waals surface area contributed by atoms with Crippen molar-refractivity contribution in [3.8, 4) is 10.4 Å². The fraction of sp³-hybridized carbons (Fsp3) is 0.644. The Morgan fingerprint density at radius 3 is 2.36 bits per heavy atom. The predicted molar refractivity (Wildman–Crippen MR) is 239 cm³/mol. The molecule has 0 radical (unpaired) electrons. The molecule has 8 atom stereocenters. The number of carbonyl (C=O) groups is 7. The van der Waals surface area contributed by atoms with Gasteiger partial charge in [-0.3, -0.25) is 38.5 Å². The maximum Gasteiger partial charge on any atom is 0.403 e. The Morgan fingerprint density at radius 2 is 1.74 bits per heavy atom. The summed E-state index contributed by atoms with van der Waals surface area (Å²) in [5, 5.41) is 19.0. The minimum atomic E-state index is -5.43. The van der Waals surface area contributed by atoms with Crippen LogP contribution in [0.15, 0.2) is 29.9 Å². The van der Waals surface area contributed by atoms with E-state index < -0.39 is 133 Å². The number of thiazole rings is 1. The van der Waals surface area contributed by atoms with Crippen molar-refractivity contribution in [2.45, 2.75) is 139 Å². The van der Waals surface area contributed by atoms with E-state index in [1.165, 1.54) is 42.2 Å². The van der Waals surface area contributed by atoms with Gasteiger partial charge in [-0.15, -0.1) is 11.3 Å². The van der Waals surface area contributed by atoms with Gasteiger partial charge in [-0.2, -0.15) is 13.2 Å². The van der Waals surface area contributed by atoms with Gasteiger partial charge in [0, 0.05) is 70.5 Å². The van der Waals surface area contributed by atoms with Crippen LogP contribution >= 0.6 is 22.9 Å². The van der Waals surface area contributed by atoms with Crippen molar-refractivity contribution >= 4 is 64.3 Å². The molecule has 4 heterocycles. The van der Waals surface area contributed by atoms with Gasteiger partial charge in [0.15, 0.2) is 5.41 Å². The van der Waals surface area contributed by atoms with E-state index in [1.54, 1.807) is 43.8 Å². The van der Waals surface area contributed by atoms with Gasteiger partial charge >= 0.3 is 6.18 Å². The molecular weight excluding hydrogens is 962 g/mol. The number of alkyl halides is 6. The third-order valence-corrected chi connectivity index (χ3v) is 14.4. The number of benzene rings is 1. The monoisotopic (exact) mass is 1020 g/mol. The maximum atomic E-state index is 14.8. The largest absolute Gasteiger partial charge is 0.403 e. The summed E-state index contributed by atoms with van der Waals surface area (Å²) in [4.78, 5) is 107. The lowest BCUT2D eigenvalue weighted by atomic mass is 9.64. The lowest BCUT2D eigenvalue weighted by molar-refractivity contribution is -0.299. The van der Waals surface area contributed by atoms with Gasteiger partial charge in [-0.25, -0.2) is 13.2 Å². The van der Waals surface area contributed by atoms with Gasteiger partial charge in [-0.1, -0.05) is 31.5 Å². The number of likely N-dealkylation sites (tertiary alicyclic amines) is 1.